The molecule has 0 unspecified atom stereocenters. The summed E-state index contributed by atoms with van der Waals surface area (Å²) in [5.74, 6) is -1.21. The fourth-order valence-electron chi connectivity index (χ4n) is 3.11. The number of aryl methyl sites for hydroxylation is 1. The van der Waals surface area contributed by atoms with Crippen LogP contribution >= 0.6 is 23.6 Å². The highest BCUT2D eigenvalue weighted by Crippen LogP contribution is 2.34. The van der Waals surface area contributed by atoms with Crippen molar-refractivity contribution in [1.29, 1.82) is 0 Å². The summed E-state index contributed by atoms with van der Waals surface area (Å²) >= 11 is 6.35. The Hall–Kier alpha value is -3.48. The summed E-state index contributed by atoms with van der Waals surface area (Å²) in [5.41, 5.74) is 2.40. The van der Waals surface area contributed by atoms with Crippen molar-refractivity contribution in [2.75, 3.05) is 29.6 Å². The van der Waals surface area contributed by atoms with Crippen molar-refractivity contribution >= 4 is 67.0 Å². The lowest BCUT2D eigenvalue weighted by molar-refractivity contribution is 0.0601. The molecule has 0 atom stereocenters. The van der Waals surface area contributed by atoms with Gasteiger partial charge in [-0.25, -0.2) is 18.0 Å². The molecule has 0 amide bonds. The number of thiocarbonyl (C=S) groups is 1. The van der Waals surface area contributed by atoms with Gasteiger partial charge in [0.25, 0.3) is 10.0 Å². The number of thiophene rings is 1. The van der Waals surface area contributed by atoms with Crippen LogP contribution in [0.5, 0.6) is 0 Å². The molecule has 3 rings (SSSR count). The Morgan fingerprint density at radius 2 is 1.54 bits per heavy atom. The van der Waals surface area contributed by atoms with Gasteiger partial charge in [0.05, 0.1) is 30.4 Å². The molecule has 3 aromatic rings. The molecule has 0 spiro atoms. The number of benzene rings is 2. The number of methoxy groups -OCH3 is 2. The van der Waals surface area contributed by atoms with Crippen LogP contribution in [0, 0.1) is 13.8 Å². The van der Waals surface area contributed by atoms with Gasteiger partial charge in [0.2, 0.25) is 0 Å². The van der Waals surface area contributed by atoms with E-state index in [0.29, 0.717) is 21.9 Å². The van der Waals surface area contributed by atoms with Gasteiger partial charge in [-0.1, -0.05) is 18.2 Å². The van der Waals surface area contributed by atoms with E-state index in [2.05, 4.69) is 15.4 Å². The maximum absolute atomic E-state index is 12.7. The number of ether oxygens (including phenoxy) is 2. The first-order valence-corrected chi connectivity index (χ1v) is 12.8. The molecule has 3 N–H and O–H groups in total. The van der Waals surface area contributed by atoms with E-state index in [1.54, 1.807) is 31.2 Å². The van der Waals surface area contributed by atoms with Crippen LogP contribution in [-0.4, -0.2) is 39.7 Å². The minimum Gasteiger partial charge on any atom is -0.465 e. The molecule has 1 heterocycles. The molecular weight excluding hydrogens is 510 g/mol. The maximum Gasteiger partial charge on any atom is 0.348 e. The normalized spacial score (nSPS) is 10.9. The average molecular weight is 534 g/mol. The Bertz CT molecular complexity index is 1380. The molecule has 184 valence electrons. The minimum atomic E-state index is -3.78. The third-order valence-electron chi connectivity index (χ3n) is 4.95. The largest absolute Gasteiger partial charge is 0.465 e. The quantitative estimate of drug-likeness (QED) is 0.296. The van der Waals surface area contributed by atoms with Crippen LogP contribution in [0.25, 0.3) is 0 Å². The number of nitrogens with one attached hydrogen (secondary N) is 3. The van der Waals surface area contributed by atoms with Crippen LogP contribution in [0.3, 0.4) is 0 Å². The lowest BCUT2D eigenvalue weighted by Gasteiger charge is -2.12. The van der Waals surface area contributed by atoms with Gasteiger partial charge in [0, 0.05) is 5.69 Å². The second-order valence-electron chi connectivity index (χ2n) is 7.27. The monoisotopic (exact) mass is 533 g/mol. The third-order valence-corrected chi connectivity index (χ3v) is 7.72. The number of anilines is 3. The molecule has 0 aliphatic rings. The second-order valence-corrected chi connectivity index (χ2v) is 10.4. The molecule has 35 heavy (non-hydrogen) atoms. The van der Waals surface area contributed by atoms with E-state index in [-0.39, 0.29) is 20.4 Å². The van der Waals surface area contributed by atoms with E-state index in [9.17, 15) is 18.0 Å². The number of sulfonamides is 1. The molecule has 0 aliphatic carbocycles. The average Bonchev–Trinajstić information content (AvgIpc) is 3.15. The zero-order valence-electron chi connectivity index (χ0n) is 19.3. The van der Waals surface area contributed by atoms with Crippen LogP contribution in [0.15, 0.2) is 53.4 Å². The van der Waals surface area contributed by atoms with Crippen molar-refractivity contribution in [3.63, 3.8) is 0 Å². The number of para-hydroxylation sites is 1. The predicted octanol–water partition coefficient (Wildman–Crippen LogP) is 4.55. The molecule has 0 bridgehead atoms. The van der Waals surface area contributed by atoms with Crippen LogP contribution in [-0.2, 0) is 19.5 Å². The second kappa shape index (κ2) is 10.8. The van der Waals surface area contributed by atoms with E-state index < -0.39 is 22.0 Å². The zero-order valence-corrected chi connectivity index (χ0v) is 21.7. The summed E-state index contributed by atoms with van der Waals surface area (Å²) in [4.78, 5) is 24.6. The number of hydrogen-bond donors (Lipinski definition) is 3. The SMILES string of the molecule is COC(=O)c1sc(NC(=S)Nc2ccc(S(=O)(=O)Nc3ccccc3C)cc2)c(C(=O)OC)c1C. The minimum absolute atomic E-state index is 0.0785. The first-order chi connectivity index (χ1) is 16.6. The van der Waals surface area contributed by atoms with Crippen LogP contribution in [0.4, 0.5) is 16.4 Å². The standard InChI is InChI=1S/C23H23N3O6S3/c1-13-7-5-6-8-17(13)26-35(29,30)16-11-9-15(10-12-16)24-23(33)25-20-18(21(27)31-3)14(2)19(34-20)22(28)32-4/h5-12,26H,1-4H3,(H2,24,25,33). The molecule has 0 radical (unpaired) electrons. The van der Waals surface area contributed by atoms with Crippen molar-refractivity contribution < 1.29 is 27.5 Å². The fraction of sp³-hybridized carbons (Fsp3) is 0.174. The van der Waals surface area contributed by atoms with Gasteiger partial charge in [-0.15, -0.1) is 11.3 Å². The van der Waals surface area contributed by atoms with Gasteiger partial charge >= 0.3 is 11.9 Å². The maximum atomic E-state index is 12.7. The number of esters is 2. The molecule has 0 fully saturated rings. The summed E-state index contributed by atoms with van der Waals surface area (Å²) in [6.07, 6.45) is 0. The summed E-state index contributed by atoms with van der Waals surface area (Å²) in [6, 6.07) is 13.1. The molecular formula is C23H23N3O6S3. The molecule has 0 aliphatic heterocycles. The Morgan fingerprint density at radius 3 is 2.14 bits per heavy atom. The molecule has 2 aromatic carbocycles. The van der Waals surface area contributed by atoms with E-state index in [1.807, 2.05) is 19.1 Å². The van der Waals surface area contributed by atoms with Gasteiger partial charge in [-0.3, -0.25) is 4.72 Å². The number of carbonyl (C=O) groups is 2. The van der Waals surface area contributed by atoms with Crippen molar-refractivity contribution in [3.05, 3.63) is 70.1 Å². The number of carbonyl (C=O) groups excluding carboxylic acids is 2. The first-order valence-electron chi connectivity index (χ1n) is 10.1. The predicted molar refractivity (Wildman–Crippen MR) is 140 cm³/mol. The van der Waals surface area contributed by atoms with Crippen molar-refractivity contribution in [2.45, 2.75) is 18.7 Å². The fourth-order valence-corrected chi connectivity index (χ4v) is 5.64. The molecule has 0 saturated carbocycles. The van der Waals surface area contributed by atoms with Gasteiger partial charge < -0.3 is 20.1 Å². The smallest absolute Gasteiger partial charge is 0.348 e. The highest BCUT2D eigenvalue weighted by molar-refractivity contribution is 7.92. The molecule has 12 heteroatoms. The van der Waals surface area contributed by atoms with Crippen molar-refractivity contribution in [3.8, 4) is 0 Å². The topological polar surface area (TPSA) is 123 Å². The lowest BCUT2D eigenvalue weighted by Crippen LogP contribution is -2.20. The van der Waals surface area contributed by atoms with E-state index in [4.69, 9.17) is 21.7 Å². The molecule has 0 saturated heterocycles. The first kappa shape index (κ1) is 26.1. The van der Waals surface area contributed by atoms with Crippen LogP contribution in [0.1, 0.15) is 31.2 Å². The summed E-state index contributed by atoms with van der Waals surface area (Å²) in [7, 11) is -1.29. The lowest BCUT2D eigenvalue weighted by atomic mass is 10.1. The highest BCUT2D eigenvalue weighted by atomic mass is 32.2. The van der Waals surface area contributed by atoms with Crippen LogP contribution in [0.2, 0.25) is 0 Å². The Morgan fingerprint density at radius 1 is 0.914 bits per heavy atom. The van der Waals surface area contributed by atoms with Gasteiger partial charge in [0.1, 0.15) is 9.88 Å². The Labute approximate surface area is 212 Å². The Kier molecular flexibility index (Phi) is 8.10. The van der Waals surface area contributed by atoms with E-state index >= 15 is 0 Å². The van der Waals surface area contributed by atoms with Crippen molar-refractivity contribution in [1.82, 2.24) is 0 Å². The molecule has 9 nitrogen and oxygen atoms in total. The summed E-state index contributed by atoms with van der Waals surface area (Å²) < 4.78 is 37.6. The van der Waals surface area contributed by atoms with Gasteiger partial charge in [-0.2, -0.15) is 0 Å². The van der Waals surface area contributed by atoms with Crippen molar-refractivity contribution in [2.24, 2.45) is 0 Å². The van der Waals surface area contributed by atoms with Gasteiger partial charge in [0.15, 0.2) is 5.11 Å². The van der Waals surface area contributed by atoms with E-state index in [1.165, 1.54) is 26.4 Å². The summed E-state index contributed by atoms with van der Waals surface area (Å²) in [5, 5.41) is 6.27. The summed E-state index contributed by atoms with van der Waals surface area (Å²) in [6.45, 7) is 3.43. The Balaban J connectivity index is 1.75. The number of rotatable bonds is 7. The van der Waals surface area contributed by atoms with Gasteiger partial charge in [-0.05, 0) is 67.5 Å². The zero-order chi connectivity index (χ0) is 25.8. The highest BCUT2D eigenvalue weighted by Gasteiger charge is 2.26. The molecule has 1 aromatic heterocycles. The van der Waals surface area contributed by atoms with Crippen LogP contribution < -0.4 is 15.4 Å². The van der Waals surface area contributed by atoms with E-state index in [0.717, 1.165) is 16.9 Å². The number of hydrogen-bond acceptors (Lipinski definition) is 8. The third kappa shape index (κ3) is 5.96.